The molecule has 0 bridgehead atoms. The van der Waals surface area contributed by atoms with Crippen LogP contribution in [-0.2, 0) is 0 Å². The third-order valence-corrected chi connectivity index (χ3v) is 5.88. The molecule has 172 valence electrons. The highest BCUT2D eigenvalue weighted by molar-refractivity contribution is 6.20. The van der Waals surface area contributed by atoms with Gasteiger partial charge in [-0.05, 0) is 85.6 Å². The first kappa shape index (κ1) is 22.9. The molecule has 0 aliphatic heterocycles. The van der Waals surface area contributed by atoms with Gasteiger partial charge in [-0.15, -0.1) is 0 Å². The second-order valence-electron chi connectivity index (χ2n) is 8.02. The van der Waals surface area contributed by atoms with Gasteiger partial charge in [-0.2, -0.15) is 0 Å². The number of Topliss-reactive ketones (excluding diaryl/α,β-unsaturated/α-hetero) is 2. The van der Waals surface area contributed by atoms with Crippen molar-refractivity contribution in [3.63, 3.8) is 0 Å². The van der Waals surface area contributed by atoms with E-state index in [0.717, 1.165) is 11.1 Å². The Bertz CT molecular complexity index is 1380. The quantitative estimate of drug-likeness (QED) is 0.327. The molecule has 7 heteroatoms. The number of aryl methyl sites for hydroxylation is 2. The van der Waals surface area contributed by atoms with Crippen LogP contribution >= 0.6 is 0 Å². The summed E-state index contributed by atoms with van der Waals surface area (Å²) < 4.78 is 10.3. The lowest BCUT2D eigenvalue weighted by Crippen LogP contribution is -2.30. The van der Waals surface area contributed by atoms with Crippen molar-refractivity contribution >= 4 is 22.6 Å². The van der Waals surface area contributed by atoms with E-state index in [-0.39, 0.29) is 16.8 Å². The number of fused-ring (bicyclic) bond motifs is 1. The number of carbonyl (C=O) groups is 2. The van der Waals surface area contributed by atoms with E-state index in [2.05, 4.69) is 9.97 Å². The van der Waals surface area contributed by atoms with E-state index >= 15 is 0 Å². The number of nitrogens with one attached hydrogen (secondary N) is 1. The number of aromatic amines is 1. The summed E-state index contributed by atoms with van der Waals surface area (Å²) >= 11 is 0. The Labute approximate surface area is 196 Å². The molecule has 0 aliphatic rings. The molecule has 0 fully saturated rings. The van der Waals surface area contributed by atoms with Crippen molar-refractivity contribution in [2.24, 2.45) is 0 Å². The molecular formula is C27H24N2O5. The molecule has 0 atom stereocenters. The molecule has 3 aromatic carbocycles. The fourth-order valence-electron chi connectivity index (χ4n) is 3.77. The maximum absolute atomic E-state index is 13.6. The molecule has 1 aromatic heterocycles. The Morgan fingerprint density at radius 1 is 0.794 bits per heavy atom. The predicted molar refractivity (Wildman–Crippen MR) is 129 cm³/mol. The third-order valence-electron chi connectivity index (χ3n) is 5.88. The Balaban J connectivity index is 1.88. The van der Waals surface area contributed by atoms with Crippen molar-refractivity contribution in [3.05, 3.63) is 99.0 Å². The minimum atomic E-state index is -1.42. The smallest absolute Gasteiger partial charge is 0.271 e. The fraction of sp³-hybridized carbons (Fsp3) is 0.185. The Morgan fingerprint density at radius 3 is 1.74 bits per heavy atom. The van der Waals surface area contributed by atoms with Gasteiger partial charge in [-0.25, -0.2) is 4.98 Å². The summed E-state index contributed by atoms with van der Waals surface area (Å²) in [5, 5.41) is 0. The highest BCUT2D eigenvalue weighted by atomic mass is 16.5. The van der Waals surface area contributed by atoms with Crippen molar-refractivity contribution in [1.29, 1.82) is 0 Å². The number of benzene rings is 3. The Hall–Kier alpha value is -4.26. The number of hydrogen-bond donors (Lipinski definition) is 1. The molecular weight excluding hydrogens is 432 g/mol. The van der Waals surface area contributed by atoms with Crippen LogP contribution in [0.3, 0.4) is 0 Å². The van der Waals surface area contributed by atoms with Crippen LogP contribution in [0.25, 0.3) is 11.0 Å². The molecule has 0 aliphatic carbocycles. The van der Waals surface area contributed by atoms with Crippen molar-refractivity contribution in [2.45, 2.75) is 19.8 Å². The summed E-state index contributed by atoms with van der Waals surface area (Å²) in [6.07, 6.45) is 0. The molecule has 0 radical (unpaired) electrons. The van der Waals surface area contributed by atoms with Gasteiger partial charge in [-0.1, -0.05) is 0 Å². The van der Waals surface area contributed by atoms with Crippen LogP contribution in [0, 0.1) is 13.8 Å². The molecule has 0 amide bonds. The molecule has 1 heterocycles. The van der Waals surface area contributed by atoms with Crippen LogP contribution in [0.5, 0.6) is 11.5 Å². The van der Waals surface area contributed by atoms with Crippen LogP contribution < -0.4 is 15.0 Å². The fourth-order valence-corrected chi connectivity index (χ4v) is 3.77. The topological polar surface area (TPSA) is 98.3 Å². The van der Waals surface area contributed by atoms with Gasteiger partial charge in [0.1, 0.15) is 23.1 Å². The standard InChI is InChI=1S/C27H24N2O5/c1-15-13-21-22(14-16(15)2)29-27(32)24(28-21)23(25(30)17-5-9-19(33-3)10-6-17)26(31)18-7-11-20(34-4)12-8-18/h5-14,23H,1-4H3,(H,29,32). The molecule has 1 N–H and O–H groups in total. The number of ketones is 2. The van der Waals surface area contributed by atoms with Gasteiger partial charge in [0, 0.05) is 11.1 Å². The van der Waals surface area contributed by atoms with Crippen LogP contribution in [0.15, 0.2) is 65.5 Å². The first-order chi connectivity index (χ1) is 16.3. The van der Waals surface area contributed by atoms with Gasteiger partial charge in [0.15, 0.2) is 11.6 Å². The van der Waals surface area contributed by atoms with Gasteiger partial charge in [0.2, 0.25) is 0 Å². The second-order valence-corrected chi connectivity index (χ2v) is 8.02. The lowest BCUT2D eigenvalue weighted by atomic mass is 9.87. The Morgan fingerprint density at radius 2 is 1.26 bits per heavy atom. The number of methoxy groups -OCH3 is 2. The highest BCUT2D eigenvalue weighted by Crippen LogP contribution is 2.26. The van der Waals surface area contributed by atoms with Crippen LogP contribution in [0.2, 0.25) is 0 Å². The normalized spacial score (nSPS) is 11.0. The molecule has 0 saturated carbocycles. The maximum atomic E-state index is 13.6. The zero-order chi connectivity index (χ0) is 24.4. The average Bonchev–Trinajstić information content (AvgIpc) is 2.85. The zero-order valence-corrected chi connectivity index (χ0v) is 19.3. The van der Waals surface area contributed by atoms with Gasteiger partial charge < -0.3 is 14.5 Å². The molecule has 0 unspecified atom stereocenters. The van der Waals surface area contributed by atoms with Gasteiger partial charge in [-0.3, -0.25) is 14.4 Å². The lowest BCUT2D eigenvalue weighted by molar-refractivity contribution is 0.0857. The Kier molecular flexibility index (Phi) is 6.27. The summed E-state index contributed by atoms with van der Waals surface area (Å²) in [5.74, 6) is -1.32. The van der Waals surface area contributed by atoms with Crippen LogP contribution in [-0.4, -0.2) is 35.8 Å². The van der Waals surface area contributed by atoms with E-state index in [1.165, 1.54) is 14.2 Å². The third kappa shape index (κ3) is 4.32. The second kappa shape index (κ2) is 9.31. The summed E-state index contributed by atoms with van der Waals surface area (Å²) in [4.78, 5) is 47.6. The van der Waals surface area contributed by atoms with E-state index in [9.17, 15) is 14.4 Å². The van der Waals surface area contributed by atoms with Crippen molar-refractivity contribution in [1.82, 2.24) is 9.97 Å². The molecule has 0 saturated heterocycles. The van der Waals surface area contributed by atoms with E-state index in [1.807, 2.05) is 26.0 Å². The number of nitrogens with zero attached hydrogens (tertiary/aromatic N) is 1. The van der Waals surface area contributed by atoms with Crippen LogP contribution in [0.4, 0.5) is 0 Å². The monoisotopic (exact) mass is 456 g/mol. The zero-order valence-electron chi connectivity index (χ0n) is 19.3. The molecule has 34 heavy (non-hydrogen) atoms. The van der Waals surface area contributed by atoms with Crippen molar-refractivity contribution in [3.8, 4) is 11.5 Å². The molecule has 0 spiro atoms. The van der Waals surface area contributed by atoms with E-state index in [0.29, 0.717) is 22.5 Å². The summed E-state index contributed by atoms with van der Waals surface area (Å²) in [6, 6.07) is 16.5. The molecule has 4 aromatic rings. The van der Waals surface area contributed by atoms with E-state index in [4.69, 9.17) is 9.47 Å². The number of rotatable bonds is 7. The predicted octanol–water partition coefficient (Wildman–Crippen LogP) is 4.41. The summed E-state index contributed by atoms with van der Waals surface area (Å²) in [7, 11) is 3.05. The van der Waals surface area contributed by atoms with Crippen molar-refractivity contribution < 1.29 is 19.1 Å². The first-order valence-corrected chi connectivity index (χ1v) is 10.7. The largest absolute Gasteiger partial charge is 0.497 e. The average molecular weight is 456 g/mol. The van der Waals surface area contributed by atoms with Gasteiger partial charge in [0.05, 0.1) is 25.3 Å². The van der Waals surface area contributed by atoms with Gasteiger partial charge in [0.25, 0.3) is 5.56 Å². The van der Waals surface area contributed by atoms with E-state index in [1.54, 1.807) is 48.5 Å². The molecule has 7 nitrogen and oxygen atoms in total. The number of hydrogen-bond acceptors (Lipinski definition) is 6. The first-order valence-electron chi connectivity index (χ1n) is 10.7. The van der Waals surface area contributed by atoms with Gasteiger partial charge >= 0.3 is 0 Å². The van der Waals surface area contributed by atoms with Crippen LogP contribution in [0.1, 0.15) is 43.5 Å². The number of carbonyl (C=O) groups excluding carboxylic acids is 2. The highest BCUT2D eigenvalue weighted by Gasteiger charge is 2.34. The minimum Gasteiger partial charge on any atom is -0.497 e. The maximum Gasteiger partial charge on any atom is 0.271 e. The number of aromatic nitrogens is 2. The lowest BCUT2D eigenvalue weighted by Gasteiger charge is -2.16. The van der Waals surface area contributed by atoms with E-state index < -0.39 is 23.0 Å². The number of ether oxygens (including phenoxy) is 2. The molecule has 4 rings (SSSR count). The SMILES string of the molecule is COc1ccc(C(=O)C(C(=O)c2ccc(OC)cc2)c2nc3cc(C)c(C)cc3[nH]c2=O)cc1. The summed E-state index contributed by atoms with van der Waals surface area (Å²) in [5.41, 5.74) is 2.86. The summed E-state index contributed by atoms with van der Waals surface area (Å²) in [6.45, 7) is 3.87. The van der Waals surface area contributed by atoms with Crippen molar-refractivity contribution in [2.75, 3.05) is 14.2 Å². The number of H-pyrrole nitrogens is 1. The minimum absolute atomic E-state index is 0.141.